The molecule has 7 heteroatoms. The molecule has 0 aromatic carbocycles. The first-order chi connectivity index (χ1) is 7.70. The molecule has 1 aromatic rings. The quantitative estimate of drug-likeness (QED) is 0.593. The Bertz CT molecular complexity index is 474. The molecule has 0 amide bonds. The first kappa shape index (κ1) is 9.76. The molecule has 2 aliphatic heterocycles. The van der Waals surface area contributed by atoms with Gasteiger partial charge in [-0.3, -0.25) is 4.57 Å². The van der Waals surface area contributed by atoms with Crippen molar-refractivity contribution in [3.8, 4) is 0 Å². The topological polar surface area (TPSA) is 103 Å². The fourth-order valence-corrected chi connectivity index (χ4v) is 1.99. The van der Waals surface area contributed by atoms with Gasteiger partial charge in [0.25, 0.3) is 0 Å². The summed E-state index contributed by atoms with van der Waals surface area (Å²) in [5, 5.41) is 9.01. The monoisotopic (exact) mass is 225 g/mol. The molecular weight excluding hydrogens is 214 g/mol. The maximum atomic E-state index is 11.6. The highest BCUT2D eigenvalue weighted by Gasteiger charge is 2.58. The number of hydrogen-bond acceptors (Lipinski definition) is 6. The highest BCUT2D eigenvalue weighted by molar-refractivity contribution is 5.23. The zero-order valence-electron chi connectivity index (χ0n) is 8.31. The Hall–Kier alpha value is -1.44. The lowest BCUT2D eigenvalue weighted by Gasteiger charge is -2.17. The Morgan fingerprint density at radius 1 is 1.50 bits per heavy atom. The van der Waals surface area contributed by atoms with Crippen LogP contribution in [0.1, 0.15) is 6.23 Å². The number of anilines is 1. The zero-order valence-corrected chi connectivity index (χ0v) is 8.31. The second-order valence-electron chi connectivity index (χ2n) is 3.86. The number of aliphatic hydroxyl groups is 1. The molecule has 3 rings (SSSR count). The SMILES string of the molecule is Nc1ccn([C@@H]2O[C@H](CO)[C@H]3O[C@H]32)c(=O)n1. The van der Waals surface area contributed by atoms with Crippen LogP contribution in [-0.2, 0) is 9.47 Å². The van der Waals surface area contributed by atoms with E-state index in [0.717, 1.165) is 0 Å². The van der Waals surface area contributed by atoms with Gasteiger partial charge in [0.05, 0.1) is 6.61 Å². The number of nitrogens with zero attached hydrogens (tertiary/aromatic N) is 2. The summed E-state index contributed by atoms with van der Waals surface area (Å²) in [5.41, 5.74) is 4.91. The van der Waals surface area contributed by atoms with Crippen molar-refractivity contribution >= 4 is 5.82 Å². The molecule has 2 aliphatic rings. The molecule has 0 spiro atoms. The first-order valence-corrected chi connectivity index (χ1v) is 4.97. The van der Waals surface area contributed by atoms with Crippen LogP contribution in [0.5, 0.6) is 0 Å². The standard InChI is InChI=1S/C9H11N3O4/c10-5-1-2-12(9(14)11-5)8-7-6(16-7)4(3-13)15-8/h1-2,4,6-8,13H,3H2,(H2,10,11,14)/t4-,6-,7-,8-/m1/s1. The fourth-order valence-electron chi connectivity index (χ4n) is 1.99. The number of ether oxygens (including phenoxy) is 2. The van der Waals surface area contributed by atoms with E-state index in [4.69, 9.17) is 20.3 Å². The molecule has 1 aromatic heterocycles. The lowest BCUT2D eigenvalue weighted by molar-refractivity contribution is -0.0855. The van der Waals surface area contributed by atoms with E-state index >= 15 is 0 Å². The van der Waals surface area contributed by atoms with Crippen LogP contribution in [0.15, 0.2) is 17.1 Å². The largest absolute Gasteiger partial charge is 0.394 e. The van der Waals surface area contributed by atoms with Crippen molar-refractivity contribution in [2.75, 3.05) is 12.3 Å². The first-order valence-electron chi connectivity index (χ1n) is 4.97. The molecule has 86 valence electrons. The molecule has 0 bridgehead atoms. The third-order valence-corrected chi connectivity index (χ3v) is 2.83. The smallest absolute Gasteiger partial charge is 0.351 e. The van der Waals surface area contributed by atoms with Crippen molar-refractivity contribution in [2.24, 2.45) is 0 Å². The predicted octanol–water partition coefficient (Wildman–Crippen LogP) is -1.52. The second-order valence-corrected chi connectivity index (χ2v) is 3.86. The van der Waals surface area contributed by atoms with E-state index in [-0.39, 0.29) is 30.7 Å². The Labute approximate surface area is 90.4 Å². The maximum Gasteiger partial charge on any atom is 0.351 e. The summed E-state index contributed by atoms with van der Waals surface area (Å²) in [6.07, 6.45) is 0.371. The van der Waals surface area contributed by atoms with Gasteiger partial charge in [-0.25, -0.2) is 4.79 Å². The van der Waals surface area contributed by atoms with E-state index in [2.05, 4.69) is 4.98 Å². The summed E-state index contributed by atoms with van der Waals surface area (Å²) in [4.78, 5) is 15.2. The fraction of sp³-hybridized carbons (Fsp3) is 0.556. The molecule has 2 fully saturated rings. The minimum Gasteiger partial charge on any atom is -0.394 e. The van der Waals surface area contributed by atoms with Crippen molar-refractivity contribution in [1.29, 1.82) is 0 Å². The van der Waals surface area contributed by atoms with Crippen LogP contribution in [0.25, 0.3) is 0 Å². The normalized spacial score (nSPS) is 36.1. The molecule has 0 saturated carbocycles. The lowest BCUT2D eigenvalue weighted by atomic mass is 10.2. The summed E-state index contributed by atoms with van der Waals surface area (Å²) in [6.45, 7) is -0.116. The minimum absolute atomic E-state index is 0.112. The number of nitrogens with two attached hydrogens (primary N) is 1. The van der Waals surface area contributed by atoms with E-state index in [1.807, 2.05) is 0 Å². The van der Waals surface area contributed by atoms with Crippen LogP contribution in [0.3, 0.4) is 0 Å². The summed E-state index contributed by atoms with van der Waals surface area (Å²) in [7, 11) is 0. The Morgan fingerprint density at radius 3 is 2.94 bits per heavy atom. The molecule has 2 saturated heterocycles. The van der Waals surface area contributed by atoms with Crippen LogP contribution in [-0.4, -0.2) is 39.6 Å². The van der Waals surface area contributed by atoms with Gasteiger partial charge in [0.1, 0.15) is 24.1 Å². The van der Waals surface area contributed by atoms with Crippen molar-refractivity contribution in [1.82, 2.24) is 9.55 Å². The molecule has 0 aliphatic carbocycles. The number of nitrogen functional groups attached to an aromatic ring is 1. The molecule has 4 atom stereocenters. The summed E-state index contributed by atoms with van der Waals surface area (Å²) in [5.74, 6) is 0.172. The highest BCUT2D eigenvalue weighted by Crippen LogP contribution is 2.43. The number of epoxide rings is 1. The zero-order chi connectivity index (χ0) is 11.3. The van der Waals surface area contributed by atoms with Crippen LogP contribution < -0.4 is 11.4 Å². The average Bonchev–Trinajstić information content (AvgIpc) is 2.96. The van der Waals surface area contributed by atoms with Gasteiger partial charge in [0.2, 0.25) is 0 Å². The second kappa shape index (κ2) is 3.27. The van der Waals surface area contributed by atoms with Gasteiger partial charge in [-0.2, -0.15) is 4.98 Å². The molecule has 7 nitrogen and oxygen atoms in total. The maximum absolute atomic E-state index is 11.6. The molecule has 0 unspecified atom stereocenters. The number of hydrogen-bond donors (Lipinski definition) is 2. The van der Waals surface area contributed by atoms with Crippen LogP contribution in [0.2, 0.25) is 0 Å². The number of fused-ring (bicyclic) bond motifs is 1. The Kier molecular flexibility index (Phi) is 2.00. The van der Waals surface area contributed by atoms with Gasteiger partial charge in [-0.15, -0.1) is 0 Å². The van der Waals surface area contributed by atoms with E-state index in [0.29, 0.717) is 0 Å². The minimum atomic E-state index is -0.511. The van der Waals surface area contributed by atoms with E-state index in [1.165, 1.54) is 16.8 Å². The van der Waals surface area contributed by atoms with Gasteiger partial charge in [0.15, 0.2) is 6.23 Å². The van der Waals surface area contributed by atoms with Crippen LogP contribution in [0, 0.1) is 0 Å². The van der Waals surface area contributed by atoms with Gasteiger partial charge in [-0.1, -0.05) is 0 Å². The summed E-state index contributed by atoms with van der Waals surface area (Å²) < 4.78 is 12.1. The van der Waals surface area contributed by atoms with Crippen molar-refractivity contribution in [3.05, 3.63) is 22.7 Å². The van der Waals surface area contributed by atoms with Crippen molar-refractivity contribution < 1.29 is 14.6 Å². The third-order valence-electron chi connectivity index (χ3n) is 2.83. The number of aliphatic hydroxyl groups excluding tert-OH is 1. The molecule has 16 heavy (non-hydrogen) atoms. The number of rotatable bonds is 2. The predicted molar refractivity (Wildman–Crippen MR) is 52.6 cm³/mol. The van der Waals surface area contributed by atoms with Crippen LogP contribution >= 0.6 is 0 Å². The summed E-state index contributed by atoms with van der Waals surface area (Å²) in [6, 6.07) is 1.52. The average molecular weight is 225 g/mol. The lowest BCUT2D eigenvalue weighted by Crippen LogP contribution is -2.31. The molecule has 3 heterocycles. The van der Waals surface area contributed by atoms with Crippen LogP contribution in [0.4, 0.5) is 5.82 Å². The number of aromatic nitrogens is 2. The van der Waals surface area contributed by atoms with E-state index in [9.17, 15) is 4.79 Å². The van der Waals surface area contributed by atoms with Crippen molar-refractivity contribution in [3.63, 3.8) is 0 Å². The van der Waals surface area contributed by atoms with E-state index in [1.54, 1.807) is 0 Å². The van der Waals surface area contributed by atoms with Crippen molar-refractivity contribution in [2.45, 2.75) is 24.5 Å². The molecule has 3 N–H and O–H groups in total. The highest BCUT2D eigenvalue weighted by atomic mass is 16.7. The van der Waals surface area contributed by atoms with Gasteiger partial charge in [0, 0.05) is 6.20 Å². The Balaban J connectivity index is 1.91. The van der Waals surface area contributed by atoms with E-state index < -0.39 is 11.9 Å². The third kappa shape index (κ3) is 1.33. The summed E-state index contributed by atoms with van der Waals surface area (Å²) >= 11 is 0. The molecule has 0 radical (unpaired) electrons. The van der Waals surface area contributed by atoms with Gasteiger partial charge in [-0.05, 0) is 6.07 Å². The van der Waals surface area contributed by atoms with Gasteiger partial charge >= 0.3 is 5.69 Å². The molecular formula is C9H11N3O4. The Morgan fingerprint density at radius 2 is 2.31 bits per heavy atom. The van der Waals surface area contributed by atoms with Gasteiger partial charge < -0.3 is 20.3 Å².